The zero-order valence-corrected chi connectivity index (χ0v) is 17.0. The summed E-state index contributed by atoms with van der Waals surface area (Å²) in [6, 6.07) is -0.845. The van der Waals surface area contributed by atoms with E-state index in [1.165, 1.54) is 18.9 Å². The van der Waals surface area contributed by atoms with E-state index in [0.717, 1.165) is 11.1 Å². The number of nitrogens with two attached hydrogens (primary N) is 1. The number of benzene rings is 1. The number of carbonyl (C=O) groups excluding carboxylic acids is 1. The normalized spacial score (nSPS) is 25.3. The summed E-state index contributed by atoms with van der Waals surface area (Å²) in [7, 11) is 1.26. The van der Waals surface area contributed by atoms with E-state index in [-0.39, 0.29) is 24.7 Å². The first-order chi connectivity index (χ1) is 12.6. The zero-order valence-electron chi connectivity index (χ0n) is 16.2. The second-order valence-corrected chi connectivity index (χ2v) is 8.43. The summed E-state index contributed by atoms with van der Waals surface area (Å²) < 4.78 is 4.65. The Hall–Kier alpha value is -1.32. The lowest BCUT2D eigenvalue weighted by atomic mass is 9.84. The number of thioether (sulfide) groups is 1. The van der Waals surface area contributed by atoms with Crippen LogP contribution in [0, 0.1) is 19.3 Å². The summed E-state index contributed by atoms with van der Waals surface area (Å²) >= 11 is 1.31. The number of fused-ring (bicyclic) bond motifs is 1. The fraction of sp³-hybridized carbons (Fsp3) is 0.632. The maximum Gasteiger partial charge on any atom is 0.323 e. The van der Waals surface area contributed by atoms with E-state index < -0.39 is 28.8 Å². The molecular weight excluding hydrogens is 370 g/mol. The minimum atomic E-state index is -0.992. The Labute approximate surface area is 163 Å². The maximum atomic E-state index is 11.6. The van der Waals surface area contributed by atoms with Gasteiger partial charge in [0.2, 0.25) is 0 Å². The fourth-order valence-electron chi connectivity index (χ4n) is 3.89. The largest absolute Gasteiger partial charge is 0.507 e. The highest BCUT2D eigenvalue weighted by Gasteiger charge is 2.52. The molecule has 1 aliphatic carbocycles. The quantitative estimate of drug-likeness (QED) is 0.427. The van der Waals surface area contributed by atoms with Crippen LogP contribution in [0.15, 0.2) is 0 Å². The lowest BCUT2D eigenvalue weighted by Gasteiger charge is -2.33. The van der Waals surface area contributed by atoms with Gasteiger partial charge in [-0.2, -0.15) is 11.8 Å². The number of esters is 1. The lowest BCUT2D eigenvalue weighted by molar-refractivity contribution is -0.141. The van der Waals surface area contributed by atoms with Crippen LogP contribution in [0.5, 0.6) is 5.75 Å². The standard InChI is InChI=1S/C19H29NO6S/c1-9-11(5-6-21)10(2)15(23)14-13(9)16(24)19(3,8-22)17(14)27-7-12(20)18(25)26-4/h12,16-17,21-24H,5-8,20H2,1-4H3/t12-,16+,17+,19-/m0/s1. The Kier molecular flexibility index (Phi) is 6.81. The number of aromatic hydroxyl groups is 1. The van der Waals surface area contributed by atoms with Crippen molar-refractivity contribution in [2.75, 3.05) is 26.1 Å². The molecule has 0 radical (unpaired) electrons. The second kappa shape index (κ2) is 8.36. The van der Waals surface area contributed by atoms with Crippen molar-refractivity contribution in [1.82, 2.24) is 0 Å². The number of ether oxygens (including phenoxy) is 1. The highest BCUT2D eigenvalue weighted by molar-refractivity contribution is 7.99. The molecule has 0 fully saturated rings. The molecule has 7 nitrogen and oxygen atoms in total. The predicted molar refractivity (Wildman–Crippen MR) is 104 cm³/mol. The van der Waals surface area contributed by atoms with Crippen molar-refractivity contribution in [2.45, 2.75) is 44.6 Å². The van der Waals surface area contributed by atoms with E-state index in [9.17, 15) is 25.2 Å². The first-order valence-electron chi connectivity index (χ1n) is 8.85. The summed E-state index contributed by atoms with van der Waals surface area (Å²) in [6.45, 7) is 5.00. The van der Waals surface area contributed by atoms with Gasteiger partial charge >= 0.3 is 5.97 Å². The molecule has 152 valence electrons. The van der Waals surface area contributed by atoms with Crippen molar-refractivity contribution < 1.29 is 30.0 Å². The average molecular weight is 400 g/mol. The highest BCUT2D eigenvalue weighted by Crippen LogP contribution is 2.62. The maximum absolute atomic E-state index is 11.6. The van der Waals surface area contributed by atoms with Crippen LogP contribution in [0.3, 0.4) is 0 Å². The van der Waals surface area contributed by atoms with Crippen molar-refractivity contribution in [2.24, 2.45) is 11.1 Å². The van der Waals surface area contributed by atoms with E-state index in [2.05, 4.69) is 4.74 Å². The molecule has 0 heterocycles. The van der Waals surface area contributed by atoms with Crippen LogP contribution in [-0.4, -0.2) is 58.5 Å². The van der Waals surface area contributed by atoms with Gasteiger partial charge in [-0.1, -0.05) is 6.92 Å². The molecule has 0 amide bonds. The molecule has 0 saturated carbocycles. The van der Waals surface area contributed by atoms with Crippen molar-refractivity contribution in [3.05, 3.63) is 27.8 Å². The van der Waals surface area contributed by atoms with Crippen molar-refractivity contribution in [1.29, 1.82) is 0 Å². The third kappa shape index (κ3) is 3.56. The molecule has 1 aromatic carbocycles. The van der Waals surface area contributed by atoms with Crippen LogP contribution in [0.25, 0.3) is 0 Å². The number of phenolic OH excluding ortho intramolecular Hbond substituents is 1. The molecule has 0 unspecified atom stereocenters. The summed E-state index contributed by atoms with van der Waals surface area (Å²) in [5.74, 6) is -0.268. The number of rotatable bonds is 7. The van der Waals surface area contributed by atoms with Gasteiger partial charge in [0.05, 0.1) is 19.8 Å². The van der Waals surface area contributed by atoms with Crippen molar-refractivity contribution >= 4 is 17.7 Å². The monoisotopic (exact) mass is 399 g/mol. The van der Waals surface area contributed by atoms with Crippen LogP contribution in [0.4, 0.5) is 0 Å². The van der Waals surface area contributed by atoms with Crippen LogP contribution >= 0.6 is 11.8 Å². The van der Waals surface area contributed by atoms with E-state index in [1.54, 1.807) is 13.8 Å². The smallest absolute Gasteiger partial charge is 0.323 e. The van der Waals surface area contributed by atoms with Gasteiger partial charge in [0.15, 0.2) is 0 Å². The molecule has 1 aromatic rings. The zero-order chi connectivity index (χ0) is 20.5. The van der Waals surface area contributed by atoms with E-state index in [1.807, 2.05) is 6.92 Å². The summed E-state index contributed by atoms with van der Waals surface area (Å²) in [5, 5.41) is 40.8. The predicted octanol–water partition coefficient (Wildman–Crippen LogP) is 0.864. The molecule has 4 atom stereocenters. The topological polar surface area (TPSA) is 133 Å². The van der Waals surface area contributed by atoms with Gasteiger partial charge in [0, 0.05) is 28.6 Å². The Morgan fingerprint density at radius 3 is 2.44 bits per heavy atom. The van der Waals surface area contributed by atoms with Gasteiger partial charge in [-0.05, 0) is 42.5 Å². The van der Waals surface area contributed by atoms with Gasteiger partial charge in [0.1, 0.15) is 11.8 Å². The molecule has 0 bridgehead atoms. The summed E-state index contributed by atoms with van der Waals surface area (Å²) in [6.07, 6.45) is -0.625. The van der Waals surface area contributed by atoms with Gasteiger partial charge in [-0.3, -0.25) is 4.79 Å². The molecule has 1 aliphatic rings. The van der Waals surface area contributed by atoms with E-state index in [0.29, 0.717) is 23.1 Å². The van der Waals surface area contributed by atoms with Crippen LogP contribution in [-0.2, 0) is 16.0 Å². The molecule has 0 saturated heterocycles. The number of phenols is 1. The van der Waals surface area contributed by atoms with E-state index in [4.69, 9.17) is 5.73 Å². The molecule has 0 aromatic heterocycles. The van der Waals surface area contributed by atoms with Crippen molar-refractivity contribution in [3.63, 3.8) is 0 Å². The number of hydrogen-bond donors (Lipinski definition) is 5. The number of aliphatic hydroxyl groups excluding tert-OH is 3. The summed E-state index contributed by atoms with van der Waals surface area (Å²) in [4.78, 5) is 11.6. The van der Waals surface area contributed by atoms with Crippen LogP contribution < -0.4 is 5.73 Å². The Morgan fingerprint density at radius 2 is 1.93 bits per heavy atom. The SMILES string of the molecule is COC(=O)[C@@H](N)CS[C@@H]1c2c(O)c(C)c(CCO)c(C)c2[C@@H](O)[C@]1(C)CO. The second-order valence-electron chi connectivity index (χ2n) is 7.29. The molecule has 27 heavy (non-hydrogen) atoms. The van der Waals surface area contributed by atoms with Gasteiger partial charge in [-0.25, -0.2) is 0 Å². The molecule has 0 aliphatic heterocycles. The lowest BCUT2D eigenvalue weighted by Crippen LogP contribution is -2.35. The van der Waals surface area contributed by atoms with Crippen LogP contribution in [0.1, 0.15) is 46.1 Å². The Bertz CT molecular complexity index is 725. The van der Waals surface area contributed by atoms with Crippen molar-refractivity contribution in [3.8, 4) is 5.75 Å². The first-order valence-corrected chi connectivity index (χ1v) is 9.90. The minimum absolute atomic E-state index is 0.0550. The Balaban J connectivity index is 2.55. The number of hydrogen-bond acceptors (Lipinski definition) is 8. The van der Waals surface area contributed by atoms with Gasteiger partial charge in [0.25, 0.3) is 0 Å². The number of carbonyl (C=O) groups is 1. The molecular formula is C19H29NO6S. The minimum Gasteiger partial charge on any atom is -0.507 e. The Morgan fingerprint density at radius 1 is 1.30 bits per heavy atom. The highest BCUT2D eigenvalue weighted by atomic mass is 32.2. The molecule has 2 rings (SSSR count). The first kappa shape index (κ1) is 22.0. The average Bonchev–Trinajstić information content (AvgIpc) is 2.89. The van der Waals surface area contributed by atoms with E-state index >= 15 is 0 Å². The van der Waals surface area contributed by atoms with Crippen LogP contribution in [0.2, 0.25) is 0 Å². The third-order valence-electron chi connectivity index (χ3n) is 5.62. The van der Waals surface area contributed by atoms with Gasteiger partial charge in [-0.15, -0.1) is 0 Å². The molecule has 8 heteroatoms. The summed E-state index contributed by atoms with van der Waals surface area (Å²) in [5.41, 5.74) is 8.30. The fourth-order valence-corrected chi connectivity index (χ4v) is 5.41. The molecule has 6 N–H and O–H groups in total. The molecule has 0 spiro atoms. The number of aliphatic hydroxyl groups is 3. The van der Waals surface area contributed by atoms with Gasteiger partial charge < -0.3 is 30.9 Å². The third-order valence-corrected chi connectivity index (χ3v) is 7.28. The number of methoxy groups -OCH3 is 1.